The largest absolute Gasteiger partial charge is 0.310 e. The summed E-state index contributed by atoms with van der Waals surface area (Å²) in [5.41, 5.74) is 0.395. The molecule has 0 saturated carbocycles. The van der Waals surface area contributed by atoms with Gasteiger partial charge in [0.1, 0.15) is 11.6 Å². The highest BCUT2D eigenvalue weighted by Crippen LogP contribution is 2.19. The highest BCUT2D eigenvalue weighted by atomic mass is 19.1. The zero-order chi connectivity index (χ0) is 13.7. The molecule has 0 fully saturated rings. The summed E-state index contributed by atoms with van der Waals surface area (Å²) in [6, 6.07) is 3.42. The minimum Gasteiger partial charge on any atom is -0.310 e. The molecule has 1 nitrogen and oxygen atoms in total. The van der Waals surface area contributed by atoms with Crippen LogP contribution in [0.4, 0.5) is 8.78 Å². The second-order valence-electron chi connectivity index (χ2n) is 5.53. The first-order valence-corrected chi connectivity index (χ1v) is 6.58. The maximum Gasteiger partial charge on any atom is 0.128 e. The lowest BCUT2D eigenvalue weighted by Crippen LogP contribution is -2.26. The van der Waals surface area contributed by atoms with Crippen LogP contribution in [0.1, 0.15) is 45.7 Å². The number of halogens is 2. The van der Waals surface area contributed by atoms with Crippen molar-refractivity contribution in [3.05, 3.63) is 35.4 Å². The average molecular weight is 255 g/mol. The summed E-state index contributed by atoms with van der Waals surface area (Å²) in [4.78, 5) is 0. The smallest absolute Gasteiger partial charge is 0.128 e. The molecule has 18 heavy (non-hydrogen) atoms. The van der Waals surface area contributed by atoms with Crippen LogP contribution in [0.15, 0.2) is 18.2 Å². The fraction of sp³-hybridized carbons (Fsp3) is 0.600. The molecule has 0 spiro atoms. The Morgan fingerprint density at radius 3 is 2.39 bits per heavy atom. The van der Waals surface area contributed by atoms with Gasteiger partial charge >= 0.3 is 0 Å². The predicted molar refractivity (Wildman–Crippen MR) is 71.4 cm³/mol. The monoisotopic (exact) mass is 255 g/mol. The van der Waals surface area contributed by atoms with Gasteiger partial charge in [-0.25, -0.2) is 8.78 Å². The van der Waals surface area contributed by atoms with Crippen LogP contribution in [0.2, 0.25) is 0 Å². The Labute approximate surface area is 109 Å². The van der Waals surface area contributed by atoms with Gasteiger partial charge in [0.05, 0.1) is 0 Å². The molecular weight excluding hydrogens is 232 g/mol. The Morgan fingerprint density at radius 1 is 1.11 bits per heavy atom. The highest BCUT2D eigenvalue weighted by molar-refractivity contribution is 5.21. The first kappa shape index (κ1) is 15.1. The first-order valence-electron chi connectivity index (χ1n) is 6.58. The molecule has 0 aliphatic heterocycles. The van der Waals surface area contributed by atoms with E-state index in [1.165, 1.54) is 12.1 Å². The van der Waals surface area contributed by atoms with Gasteiger partial charge < -0.3 is 5.32 Å². The van der Waals surface area contributed by atoms with E-state index >= 15 is 0 Å². The van der Waals surface area contributed by atoms with Crippen molar-refractivity contribution in [1.82, 2.24) is 5.32 Å². The second kappa shape index (κ2) is 6.83. The topological polar surface area (TPSA) is 12.0 Å². The third kappa shape index (κ3) is 4.73. The molecule has 2 atom stereocenters. The third-order valence-electron chi connectivity index (χ3n) is 3.07. The molecule has 0 heterocycles. The van der Waals surface area contributed by atoms with Crippen LogP contribution in [-0.2, 0) is 0 Å². The Balaban J connectivity index is 2.54. The fourth-order valence-corrected chi connectivity index (χ4v) is 2.22. The summed E-state index contributed by atoms with van der Waals surface area (Å²) >= 11 is 0. The average Bonchev–Trinajstić information content (AvgIpc) is 2.28. The van der Waals surface area contributed by atoms with E-state index in [2.05, 4.69) is 26.1 Å². The first-order chi connectivity index (χ1) is 8.40. The SMILES string of the molecule is CC(C)CC(C)CNC(C)c1cc(F)ccc1F. The highest BCUT2D eigenvalue weighted by Gasteiger charge is 2.13. The molecule has 0 amide bonds. The van der Waals surface area contributed by atoms with E-state index < -0.39 is 5.82 Å². The number of benzene rings is 1. The Bertz CT molecular complexity index is 377. The minimum atomic E-state index is -0.393. The molecule has 1 aromatic carbocycles. The minimum absolute atomic E-state index is 0.171. The zero-order valence-electron chi connectivity index (χ0n) is 11.6. The maximum absolute atomic E-state index is 13.5. The van der Waals surface area contributed by atoms with Gasteiger partial charge in [-0.15, -0.1) is 0 Å². The summed E-state index contributed by atoms with van der Waals surface area (Å²) in [5.74, 6) is 0.440. The van der Waals surface area contributed by atoms with E-state index in [0.717, 1.165) is 19.0 Å². The molecule has 1 rings (SSSR count). The van der Waals surface area contributed by atoms with E-state index in [0.29, 0.717) is 17.4 Å². The Kier molecular flexibility index (Phi) is 5.73. The Hall–Kier alpha value is -0.960. The zero-order valence-corrected chi connectivity index (χ0v) is 11.6. The van der Waals surface area contributed by atoms with Gasteiger partial charge in [0.2, 0.25) is 0 Å². The van der Waals surface area contributed by atoms with Crippen LogP contribution in [-0.4, -0.2) is 6.54 Å². The van der Waals surface area contributed by atoms with Gasteiger partial charge in [-0.05, 0) is 49.9 Å². The summed E-state index contributed by atoms with van der Waals surface area (Å²) in [5, 5.41) is 3.27. The van der Waals surface area contributed by atoms with Crippen LogP contribution in [0.5, 0.6) is 0 Å². The van der Waals surface area contributed by atoms with Crippen molar-refractivity contribution >= 4 is 0 Å². The molecule has 0 aromatic heterocycles. The summed E-state index contributed by atoms with van der Waals surface area (Å²) < 4.78 is 26.6. The van der Waals surface area contributed by atoms with Crippen molar-refractivity contribution in [2.45, 2.75) is 40.2 Å². The molecule has 3 heteroatoms. The van der Waals surface area contributed by atoms with E-state index in [9.17, 15) is 8.78 Å². The van der Waals surface area contributed by atoms with Gasteiger partial charge in [0.25, 0.3) is 0 Å². The van der Waals surface area contributed by atoms with Crippen LogP contribution in [0, 0.1) is 23.5 Å². The van der Waals surface area contributed by atoms with Gasteiger partial charge in [0, 0.05) is 11.6 Å². The molecular formula is C15H23F2N. The van der Waals surface area contributed by atoms with Crippen molar-refractivity contribution in [3.8, 4) is 0 Å². The standard InChI is InChI=1S/C15H23F2N/c1-10(2)7-11(3)9-18-12(4)14-8-13(16)5-6-15(14)17/h5-6,8,10-12,18H,7,9H2,1-4H3. The Morgan fingerprint density at radius 2 is 1.78 bits per heavy atom. The van der Waals surface area contributed by atoms with Crippen LogP contribution >= 0.6 is 0 Å². The van der Waals surface area contributed by atoms with E-state index in [4.69, 9.17) is 0 Å². The molecule has 0 aliphatic carbocycles. The molecule has 0 aliphatic rings. The van der Waals surface area contributed by atoms with E-state index in [-0.39, 0.29) is 11.9 Å². The normalized spacial score (nSPS) is 14.8. The van der Waals surface area contributed by atoms with Crippen LogP contribution < -0.4 is 5.32 Å². The molecule has 102 valence electrons. The van der Waals surface area contributed by atoms with Crippen molar-refractivity contribution in [1.29, 1.82) is 0 Å². The van der Waals surface area contributed by atoms with Crippen LogP contribution in [0.25, 0.3) is 0 Å². The van der Waals surface area contributed by atoms with Crippen molar-refractivity contribution in [2.24, 2.45) is 11.8 Å². The van der Waals surface area contributed by atoms with E-state index in [1.807, 2.05) is 6.92 Å². The lowest BCUT2D eigenvalue weighted by atomic mass is 9.98. The summed E-state index contributed by atoms with van der Waals surface area (Å²) in [7, 11) is 0. The molecule has 0 saturated heterocycles. The number of nitrogens with one attached hydrogen (secondary N) is 1. The van der Waals surface area contributed by atoms with E-state index in [1.54, 1.807) is 0 Å². The third-order valence-corrected chi connectivity index (χ3v) is 3.07. The molecule has 1 N–H and O–H groups in total. The number of hydrogen-bond acceptors (Lipinski definition) is 1. The summed E-state index contributed by atoms with van der Waals surface area (Å²) in [6.45, 7) is 9.22. The molecule has 1 aromatic rings. The van der Waals surface area contributed by atoms with Gasteiger partial charge in [-0.2, -0.15) is 0 Å². The molecule has 0 radical (unpaired) electrons. The number of hydrogen-bond donors (Lipinski definition) is 1. The fourth-order valence-electron chi connectivity index (χ4n) is 2.22. The van der Waals surface area contributed by atoms with Gasteiger partial charge in [-0.1, -0.05) is 20.8 Å². The number of rotatable bonds is 6. The van der Waals surface area contributed by atoms with Crippen LogP contribution in [0.3, 0.4) is 0 Å². The van der Waals surface area contributed by atoms with Crippen molar-refractivity contribution < 1.29 is 8.78 Å². The second-order valence-corrected chi connectivity index (χ2v) is 5.53. The quantitative estimate of drug-likeness (QED) is 0.799. The van der Waals surface area contributed by atoms with Gasteiger partial charge in [-0.3, -0.25) is 0 Å². The molecule has 2 unspecified atom stereocenters. The predicted octanol–water partition coefficient (Wildman–Crippen LogP) is 4.30. The molecule has 0 bridgehead atoms. The lowest BCUT2D eigenvalue weighted by molar-refractivity contribution is 0.392. The maximum atomic E-state index is 13.5. The van der Waals surface area contributed by atoms with Crippen molar-refractivity contribution in [2.75, 3.05) is 6.54 Å². The van der Waals surface area contributed by atoms with Crippen molar-refractivity contribution in [3.63, 3.8) is 0 Å². The van der Waals surface area contributed by atoms with Gasteiger partial charge in [0.15, 0.2) is 0 Å². The lowest BCUT2D eigenvalue weighted by Gasteiger charge is -2.19. The summed E-state index contributed by atoms with van der Waals surface area (Å²) in [6.07, 6.45) is 1.13.